The van der Waals surface area contributed by atoms with Gasteiger partial charge >= 0.3 is 0 Å². The number of hydrogen-bond donors (Lipinski definition) is 2. The van der Waals surface area contributed by atoms with Gasteiger partial charge in [-0.2, -0.15) is 0 Å². The number of thioether (sulfide) groups is 1. The Balaban J connectivity index is 1.41. The van der Waals surface area contributed by atoms with Crippen LogP contribution in [0.25, 0.3) is 0 Å². The van der Waals surface area contributed by atoms with Gasteiger partial charge in [-0.1, -0.05) is 49.2 Å². The maximum Gasteiger partial charge on any atom is 0.277 e. The van der Waals surface area contributed by atoms with Crippen LogP contribution < -0.4 is 10.9 Å². The monoisotopic (exact) mass is 360 g/mol. The average molecular weight is 360 g/mol. The van der Waals surface area contributed by atoms with E-state index in [4.69, 9.17) is 4.42 Å². The Morgan fingerprint density at radius 3 is 2.60 bits per heavy atom. The zero-order valence-electron chi connectivity index (χ0n) is 13.7. The van der Waals surface area contributed by atoms with Gasteiger partial charge in [-0.15, -0.1) is 10.2 Å². The first-order valence-corrected chi connectivity index (χ1v) is 9.31. The summed E-state index contributed by atoms with van der Waals surface area (Å²) in [4.78, 5) is 23.7. The normalized spacial score (nSPS) is 14.9. The molecule has 7 nitrogen and oxygen atoms in total. The summed E-state index contributed by atoms with van der Waals surface area (Å²) < 4.78 is 5.64. The van der Waals surface area contributed by atoms with Crippen molar-refractivity contribution >= 4 is 23.6 Å². The maximum atomic E-state index is 11.8. The first kappa shape index (κ1) is 17.5. The first-order chi connectivity index (χ1) is 12.2. The minimum atomic E-state index is -0.365. The molecule has 0 unspecified atom stereocenters. The predicted molar refractivity (Wildman–Crippen MR) is 92.9 cm³/mol. The number of nitrogens with zero attached hydrogens (tertiary/aromatic N) is 2. The fourth-order valence-electron chi connectivity index (χ4n) is 2.74. The van der Waals surface area contributed by atoms with Gasteiger partial charge in [0.1, 0.15) is 0 Å². The molecule has 1 heterocycles. The van der Waals surface area contributed by atoms with Gasteiger partial charge in [0.2, 0.25) is 11.8 Å². The van der Waals surface area contributed by atoms with E-state index in [-0.39, 0.29) is 17.6 Å². The van der Waals surface area contributed by atoms with Crippen molar-refractivity contribution in [2.24, 2.45) is 0 Å². The van der Waals surface area contributed by atoms with Crippen LogP contribution in [0.3, 0.4) is 0 Å². The van der Waals surface area contributed by atoms with Crippen molar-refractivity contribution in [3.8, 4) is 0 Å². The zero-order chi connectivity index (χ0) is 17.5. The summed E-state index contributed by atoms with van der Waals surface area (Å²) in [6.07, 6.45) is 5.82. The minimum Gasteiger partial charge on any atom is -0.416 e. The lowest BCUT2D eigenvalue weighted by Gasteiger charge is -2.17. The SMILES string of the molecule is O=C(CSc1nnc(C2CCCCC2)o1)NNC(=O)c1ccccc1. The zero-order valence-corrected chi connectivity index (χ0v) is 14.6. The summed E-state index contributed by atoms with van der Waals surface area (Å²) in [5.74, 6) is 0.388. The Hall–Kier alpha value is -2.35. The number of nitrogens with one attached hydrogen (secondary N) is 2. The molecule has 1 saturated carbocycles. The van der Waals surface area contributed by atoms with Gasteiger partial charge in [0.15, 0.2) is 0 Å². The lowest BCUT2D eigenvalue weighted by atomic mass is 9.89. The second kappa shape index (κ2) is 8.66. The van der Waals surface area contributed by atoms with Gasteiger partial charge in [0.25, 0.3) is 11.1 Å². The highest BCUT2D eigenvalue weighted by molar-refractivity contribution is 7.99. The third-order valence-electron chi connectivity index (χ3n) is 4.05. The van der Waals surface area contributed by atoms with Crippen molar-refractivity contribution < 1.29 is 14.0 Å². The summed E-state index contributed by atoms with van der Waals surface area (Å²) in [5, 5.41) is 8.46. The highest BCUT2D eigenvalue weighted by Crippen LogP contribution is 2.32. The molecule has 1 aliphatic rings. The van der Waals surface area contributed by atoms with Crippen molar-refractivity contribution in [2.45, 2.75) is 43.2 Å². The first-order valence-electron chi connectivity index (χ1n) is 8.33. The van der Waals surface area contributed by atoms with Crippen molar-refractivity contribution in [1.29, 1.82) is 0 Å². The van der Waals surface area contributed by atoms with Gasteiger partial charge in [0, 0.05) is 11.5 Å². The number of carbonyl (C=O) groups is 2. The minimum absolute atomic E-state index is 0.0847. The molecule has 1 aliphatic carbocycles. The number of hydrazine groups is 1. The van der Waals surface area contributed by atoms with Crippen LogP contribution in [0.2, 0.25) is 0 Å². The van der Waals surface area contributed by atoms with E-state index in [0.717, 1.165) is 24.6 Å². The molecule has 1 aromatic carbocycles. The van der Waals surface area contributed by atoms with E-state index >= 15 is 0 Å². The largest absolute Gasteiger partial charge is 0.416 e. The predicted octanol–water partition coefficient (Wildman–Crippen LogP) is 2.67. The van der Waals surface area contributed by atoms with Crippen molar-refractivity contribution in [3.05, 3.63) is 41.8 Å². The van der Waals surface area contributed by atoms with Crippen LogP contribution in [-0.4, -0.2) is 27.8 Å². The summed E-state index contributed by atoms with van der Waals surface area (Å²) in [5.41, 5.74) is 5.22. The van der Waals surface area contributed by atoms with Crippen molar-refractivity contribution in [1.82, 2.24) is 21.0 Å². The lowest BCUT2D eigenvalue weighted by molar-refractivity contribution is -0.119. The fraction of sp³-hybridized carbons (Fsp3) is 0.412. The molecule has 0 saturated heterocycles. The molecule has 0 spiro atoms. The number of hydrogen-bond acceptors (Lipinski definition) is 6. The average Bonchev–Trinajstić information content (AvgIpc) is 3.15. The highest BCUT2D eigenvalue weighted by Gasteiger charge is 2.21. The molecular formula is C17H20N4O3S. The fourth-order valence-corrected chi connectivity index (χ4v) is 3.31. The van der Waals surface area contributed by atoms with E-state index < -0.39 is 0 Å². The van der Waals surface area contributed by atoms with Crippen LogP contribution in [0.1, 0.15) is 54.3 Å². The van der Waals surface area contributed by atoms with Crippen LogP contribution in [0.4, 0.5) is 0 Å². The number of aromatic nitrogens is 2. The Morgan fingerprint density at radius 2 is 1.84 bits per heavy atom. The van der Waals surface area contributed by atoms with Gasteiger partial charge < -0.3 is 4.42 Å². The quantitative estimate of drug-likeness (QED) is 0.628. The second-order valence-corrected chi connectivity index (χ2v) is 6.82. The molecule has 0 radical (unpaired) electrons. The van der Waals surface area contributed by atoms with Gasteiger partial charge in [-0.25, -0.2) is 0 Å². The van der Waals surface area contributed by atoms with Crippen LogP contribution in [-0.2, 0) is 4.79 Å². The Labute approximate surface area is 149 Å². The van der Waals surface area contributed by atoms with E-state index in [1.165, 1.54) is 19.3 Å². The molecule has 1 aromatic heterocycles. The Morgan fingerprint density at radius 1 is 1.08 bits per heavy atom. The van der Waals surface area contributed by atoms with Crippen LogP contribution in [0.5, 0.6) is 0 Å². The third-order valence-corrected chi connectivity index (χ3v) is 4.87. The lowest BCUT2D eigenvalue weighted by Crippen LogP contribution is -2.42. The van der Waals surface area contributed by atoms with E-state index in [9.17, 15) is 9.59 Å². The number of benzene rings is 1. The third kappa shape index (κ3) is 5.06. The molecule has 3 rings (SSSR count). The molecule has 2 N–H and O–H groups in total. The van der Waals surface area contributed by atoms with Crippen LogP contribution in [0.15, 0.2) is 40.0 Å². The smallest absolute Gasteiger partial charge is 0.277 e. The summed E-state index contributed by atoms with van der Waals surface area (Å²) in [6.45, 7) is 0. The summed E-state index contributed by atoms with van der Waals surface area (Å²) >= 11 is 1.16. The Kier molecular flexibility index (Phi) is 6.05. The molecule has 8 heteroatoms. The van der Waals surface area contributed by atoms with E-state index in [1.54, 1.807) is 24.3 Å². The molecule has 0 atom stereocenters. The molecule has 2 amide bonds. The molecule has 25 heavy (non-hydrogen) atoms. The molecule has 2 aromatic rings. The molecule has 0 aliphatic heterocycles. The molecule has 1 fully saturated rings. The van der Waals surface area contributed by atoms with Gasteiger partial charge in [0.05, 0.1) is 5.75 Å². The number of carbonyl (C=O) groups excluding carboxylic acids is 2. The Bertz CT molecular complexity index is 714. The van der Waals surface area contributed by atoms with Crippen molar-refractivity contribution in [3.63, 3.8) is 0 Å². The van der Waals surface area contributed by atoms with Gasteiger partial charge in [-0.05, 0) is 25.0 Å². The molecule has 132 valence electrons. The summed E-state index contributed by atoms with van der Waals surface area (Å²) in [6, 6.07) is 8.67. The molecule has 0 bridgehead atoms. The number of rotatable bonds is 5. The van der Waals surface area contributed by atoms with Crippen molar-refractivity contribution in [2.75, 3.05) is 5.75 Å². The van der Waals surface area contributed by atoms with E-state index in [0.29, 0.717) is 22.6 Å². The van der Waals surface area contributed by atoms with Crippen LogP contribution >= 0.6 is 11.8 Å². The topological polar surface area (TPSA) is 97.1 Å². The highest BCUT2D eigenvalue weighted by atomic mass is 32.2. The van der Waals surface area contributed by atoms with Crippen LogP contribution in [0, 0.1) is 0 Å². The standard InChI is InChI=1S/C17H20N4O3S/c22-14(18-19-15(23)12-7-3-1-4-8-12)11-25-17-21-20-16(24-17)13-9-5-2-6-10-13/h1,3-4,7-8,13H,2,5-6,9-11H2,(H,18,22)(H,19,23). The van der Waals surface area contributed by atoms with E-state index in [1.807, 2.05) is 6.07 Å². The number of amides is 2. The maximum absolute atomic E-state index is 11.8. The van der Waals surface area contributed by atoms with E-state index in [2.05, 4.69) is 21.0 Å². The summed E-state index contributed by atoms with van der Waals surface area (Å²) in [7, 11) is 0. The second-order valence-electron chi connectivity index (χ2n) is 5.90. The van der Waals surface area contributed by atoms with Gasteiger partial charge in [-0.3, -0.25) is 20.4 Å². The molecular weight excluding hydrogens is 340 g/mol.